The molecule has 1 aliphatic heterocycles. The van der Waals surface area contributed by atoms with Crippen molar-refractivity contribution in [2.75, 3.05) is 12.1 Å². The first kappa shape index (κ1) is 16.0. The Bertz CT molecular complexity index is 1020. The zero-order chi connectivity index (χ0) is 18.4. The van der Waals surface area contributed by atoms with Crippen LogP contribution in [-0.4, -0.2) is 17.7 Å². The van der Waals surface area contributed by atoms with Crippen molar-refractivity contribution < 1.29 is 14.3 Å². The SMILES string of the molecule is Cc1ccc(NC(=O)C2(c3ccc4c(c3)OCO4)CC2)cc1-c1ccc[nH]1. The van der Waals surface area contributed by atoms with Crippen LogP contribution in [0.25, 0.3) is 11.3 Å². The third-order valence-corrected chi connectivity index (χ3v) is 5.49. The smallest absolute Gasteiger partial charge is 0.235 e. The topological polar surface area (TPSA) is 63.4 Å². The molecule has 1 aliphatic carbocycles. The molecule has 0 saturated heterocycles. The summed E-state index contributed by atoms with van der Waals surface area (Å²) in [4.78, 5) is 16.3. The van der Waals surface area contributed by atoms with Gasteiger partial charge in [-0.2, -0.15) is 0 Å². The van der Waals surface area contributed by atoms with Crippen LogP contribution in [0.2, 0.25) is 0 Å². The maximum Gasteiger partial charge on any atom is 0.235 e. The van der Waals surface area contributed by atoms with Gasteiger partial charge in [0.05, 0.1) is 5.41 Å². The van der Waals surface area contributed by atoms with Gasteiger partial charge in [-0.3, -0.25) is 4.79 Å². The van der Waals surface area contributed by atoms with Crippen LogP contribution in [0.5, 0.6) is 11.5 Å². The quantitative estimate of drug-likeness (QED) is 0.725. The maximum absolute atomic E-state index is 13.1. The number of hydrogen-bond acceptors (Lipinski definition) is 3. The van der Waals surface area contributed by atoms with Crippen LogP contribution < -0.4 is 14.8 Å². The Hall–Kier alpha value is -3.21. The van der Waals surface area contributed by atoms with Crippen LogP contribution in [0, 0.1) is 6.92 Å². The number of fused-ring (bicyclic) bond motifs is 1. The Kier molecular flexibility index (Phi) is 3.50. The number of aryl methyl sites for hydroxylation is 1. The van der Waals surface area contributed by atoms with Gasteiger partial charge in [0.15, 0.2) is 11.5 Å². The summed E-state index contributed by atoms with van der Waals surface area (Å²) in [6.07, 6.45) is 3.58. The number of nitrogens with one attached hydrogen (secondary N) is 2. The maximum atomic E-state index is 13.1. The molecule has 1 fully saturated rings. The number of hydrogen-bond donors (Lipinski definition) is 2. The molecule has 2 heterocycles. The van der Waals surface area contributed by atoms with Gasteiger partial charge in [0, 0.05) is 23.1 Å². The van der Waals surface area contributed by atoms with Crippen LogP contribution in [0.4, 0.5) is 5.69 Å². The second kappa shape index (κ2) is 5.91. The summed E-state index contributed by atoms with van der Waals surface area (Å²) < 4.78 is 10.8. The van der Waals surface area contributed by atoms with Crippen LogP contribution in [0.3, 0.4) is 0 Å². The molecule has 2 N–H and O–H groups in total. The molecular formula is C22H20N2O3. The standard InChI is InChI=1S/C22H20N2O3/c1-14-4-6-16(12-17(14)18-3-2-10-23-18)24-21(25)22(8-9-22)15-5-7-19-20(11-15)27-13-26-19/h2-7,10-12,23H,8-9,13H2,1H3,(H,24,25). The number of aromatic amines is 1. The van der Waals surface area contributed by atoms with Crippen molar-refractivity contribution in [2.24, 2.45) is 0 Å². The number of ether oxygens (including phenoxy) is 2. The zero-order valence-corrected chi connectivity index (χ0v) is 15.0. The van der Waals surface area contributed by atoms with Crippen LogP contribution >= 0.6 is 0 Å². The number of amides is 1. The van der Waals surface area contributed by atoms with E-state index in [2.05, 4.69) is 17.2 Å². The van der Waals surface area contributed by atoms with E-state index in [1.54, 1.807) is 0 Å². The molecule has 27 heavy (non-hydrogen) atoms. The molecule has 5 rings (SSSR count). The van der Waals surface area contributed by atoms with Crippen molar-refractivity contribution in [2.45, 2.75) is 25.2 Å². The summed E-state index contributed by atoms with van der Waals surface area (Å²) >= 11 is 0. The van der Waals surface area contributed by atoms with E-state index in [4.69, 9.17) is 9.47 Å². The van der Waals surface area contributed by atoms with E-state index in [1.807, 2.05) is 54.7 Å². The van der Waals surface area contributed by atoms with E-state index in [0.29, 0.717) is 0 Å². The fraction of sp³-hybridized carbons (Fsp3) is 0.227. The molecule has 136 valence electrons. The monoisotopic (exact) mass is 360 g/mol. The third kappa shape index (κ3) is 2.67. The van der Waals surface area contributed by atoms with Crippen molar-refractivity contribution in [3.05, 3.63) is 65.9 Å². The Morgan fingerprint density at radius 3 is 2.70 bits per heavy atom. The third-order valence-electron chi connectivity index (χ3n) is 5.49. The predicted molar refractivity (Wildman–Crippen MR) is 103 cm³/mol. The minimum absolute atomic E-state index is 0.0302. The number of anilines is 1. The van der Waals surface area contributed by atoms with Gasteiger partial charge in [0.1, 0.15) is 0 Å². The van der Waals surface area contributed by atoms with Crippen molar-refractivity contribution in [3.63, 3.8) is 0 Å². The number of carbonyl (C=O) groups is 1. The minimum Gasteiger partial charge on any atom is -0.454 e. The molecule has 0 unspecified atom stereocenters. The summed E-state index contributed by atoms with van der Waals surface area (Å²) in [7, 11) is 0. The van der Waals surface area contributed by atoms with E-state index in [1.165, 1.54) is 0 Å². The fourth-order valence-electron chi connectivity index (χ4n) is 3.70. The fourth-order valence-corrected chi connectivity index (χ4v) is 3.70. The van der Waals surface area contributed by atoms with Crippen molar-refractivity contribution in [1.82, 2.24) is 4.98 Å². The average Bonchev–Trinajstić information content (AvgIpc) is 3.09. The molecule has 0 bridgehead atoms. The van der Waals surface area contributed by atoms with Gasteiger partial charge in [0.2, 0.25) is 12.7 Å². The van der Waals surface area contributed by atoms with Gasteiger partial charge in [-0.25, -0.2) is 0 Å². The molecular weight excluding hydrogens is 340 g/mol. The highest BCUT2D eigenvalue weighted by molar-refractivity contribution is 6.02. The predicted octanol–water partition coefficient (Wildman–Crippen LogP) is 4.39. The number of aromatic nitrogens is 1. The molecule has 2 aromatic carbocycles. The molecule has 1 aromatic heterocycles. The molecule has 1 amide bonds. The van der Waals surface area contributed by atoms with Gasteiger partial charge in [-0.1, -0.05) is 12.1 Å². The van der Waals surface area contributed by atoms with E-state index in [-0.39, 0.29) is 12.7 Å². The summed E-state index contributed by atoms with van der Waals surface area (Å²) in [5, 5.41) is 3.12. The number of carbonyl (C=O) groups excluding carboxylic acids is 1. The minimum atomic E-state index is -0.474. The highest BCUT2D eigenvalue weighted by Gasteiger charge is 2.51. The molecule has 3 aromatic rings. The van der Waals surface area contributed by atoms with Gasteiger partial charge >= 0.3 is 0 Å². The van der Waals surface area contributed by atoms with Crippen molar-refractivity contribution in [3.8, 4) is 22.8 Å². The number of rotatable bonds is 4. The number of benzene rings is 2. The Labute approximate surface area is 157 Å². The lowest BCUT2D eigenvalue weighted by molar-refractivity contribution is -0.118. The first-order chi connectivity index (χ1) is 13.2. The molecule has 0 radical (unpaired) electrons. The van der Waals surface area contributed by atoms with Gasteiger partial charge in [-0.05, 0) is 67.3 Å². The molecule has 2 aliphatic rings. The lowest BCUT2D eigenvalue weighted by atomic mass is 9.94. The number of H-pyrrole nitrogens is 1. The first-order valence-electron chi connectivity index (χ1n) is 9.12. The first-order valence-corrected chi connectivity index (χ1v) is 9.12. The highest BCUT2D eigenvalue weighted by atomic mass is 16.7. The Morgan fingerprint density at radius 2 is 1.93 bits per heavy atom. The Balaban J connectivity index is 1.41. The summed E-state index contributed by atoms with van der Waals surface area (Å²) in [5.74, 6) is 1.49. The molecule has 5 nitrogen and oxygen atoms in total. The van der Waals surface area contributed by atoms with E-state index in [9.17, 15) is 4.79 Å². The average molecular weight is 360 g/mol. The summed E-state index contributed by atoms with van der Waals surface area (Å²) in [5.41, 5.74) is 4.61. The zero-order valence-electron chi connectivity index (χ0n) is 15.0. The highest BCUT2D eigenvalue weighted by Crippen LogP contribution is 2.51. The normalized spacial score (nSPS) is 16.2. The molecule has 0 atom stereocenters. The van der Waals surface area contributed by atoms with E-state index in [0.717, 1.165) is 52.4 Å². The second-order valence-electron chi connectivity index (χ2n) is 7.22. The van der Waals surface area contributed by atoms with Crippen LogP contribution in [0.1, 0.15) is 24.0 Å². The van der Waals surface area contributed by atoms with Crippen molar-refractivity contribution in [1.29, 1.82) is 0 Å². The van der Waals surface area contributed by atoms with E-state index >= 15 is 0 Å². The van der Waals surface area contributed by atoms with Gasteiger partial charge in [-0.15, -0.1) is 0 Å². The lowest BCUT2D eigenvalue weighted by Crippen LogP contribution is -2.27. The van der Waals surface area contributed by atoms with Crippen molar-refractivity contribution >= 4 is 11.6 Å². The van der Waals surface area contributed by atoms with Crippen LogP contribution in [0.15, 0.2) is 54.7 Å². The summed E-state index contributed by atoms with van der Waals surface area (Å²) in [6, 6.07) is 15.8. The summed E-state index contributed by atoms with van der Waals surface area (Å²) in [6.45, 7) is 2.31. The molecule has 1 saturated carbocycles. The molecule has 5 heteroatoms. The molecule has 0 spiro atoms. The van der Waals surface area contributed by atoms with Crippen LogP contribution in [-0.2, 0) is 10.2 Å². The largest absolute Gasteiger partial charge is 0.454 e. The van der Waals surface area contributed by atoms with E-state index < -0.39 is 5.41 Å². The second-order valence-corrected chi connectivity index (χ2v) is 7.22. The van der Waals surface area contributed by atoms with Gasteiger partial charge < -0.3 is 19.8 Å². The lowest BCUT2D eigenvalue weighted by Gasteiger charge is -2.17. The van der Waals surface area contributed by atoms with Gasteiger partial charge in [0.25, 0.3) is 0 Å². The Morgan fingerprint density at radius 1 is 1.07 bits per heavy atom.